The number of aliphatic imine (C=N–C) groups is 1. The molecule has 2 fully saturated rings. The third-order valence-corrected chi connectivity index (χ3v) is 5.11. The predicted molar refractivity (Wildman–Crippen MR) is 114 cm³/mol. The van der Waals surface area contributed by atoms with Gasteiger partial charge in [-0.15, -0.1) is 0 Å². The van der Waals surface area contributed by atoms with Crippen molar-refractivity contribution >= 4 is 17.7 Å². The van der Waals surface area contributed by atoms with E-state index in [4.69, 9.17) is 9.47 Å². The average molecular weight is 404 g/mol. The van der Waals surface area contributed by atoms with Gasteiger partial charge in [0.25, 0.3) is 0 Å². The smallest absolute Gasteiger partial charge is 0.321 e. The molecule has 0 saturated carbocycles. The van der Waals surface area contributed by atoms with Crippen LogP contribution in [0.4, 0.5) is 10.5 Å². The largest absolute Gasteiger partial charge is 0.379 e. The Bertz CT molecular complexity index is 670. The highest BCUT2D eigenvalue weighted by molar-refractivity contribution is 5.89. The molecule has 8 nitrogen and oxygen atoms in total. The molecule has 2 amide bonds. The molecular weight excluding hydrogens is 370 g/mol. The van der Waals surface area contributed by atoms with Gasteiger partial charge in [-0.25, -0.2) is 4.79 Å². The van der Waals surface area contributed by atoms with E-state index in [1.54, 1.807) is 7.05 Å². The molecule has 0 aromatic heterocycles. The number of rotatable bonds is 8. The van der Waals surface area contributed by atoms with Crippen molar-refractivity contribution in [3.63, 3.8) is 0 Å². The number of guanidine groups is 1. The molecule has 3 rings (SSSR count). The van der Waals surface area contributed by atoms with Gasteiger partial charge in [0.1, 0.15) is 0 Å². The molecule has 29 heavy (non-hydrogen) atoms. The number of carbonyl (C=O) groups excluding carboxylic acids is 1. The van der Waals surface area contributed by atoms with Gasteiger partial charge in [-0.05, 0) is 43.4 Å². The fourth-order valence-electron chi connectivity index (χ4n) is 3.46. The number of ether oxygens (including phenoxy) is 2. The van der Waals surface area contributed by atoms with E-state index in [0.29, 0.717) is 13.2 Å². The quantitative estimate of drug-likeness (QED) is 0.352. The first-order valence-electron chi connectivity index (χ1n) is 10.5. The second kappa shape index (κ2) is 11.6. The van der Waals surface area contributed by atoms with Crippen molar-refractivity contribution < 1.29 is 14.3 Å². The van der Waals surface area contributed by atoms with Gasteiger partial charge in [-0.1, -0.05) is 12.1 Å². The van der Waals surface area contributed by atoms with Crippen molar-refractivity contribution in [3.05, 3.63) is 29.8 Å². The number of hydrogen-bond donors (Lipinski definition) is 3. The summed E-state index contributed by atoms with van der Waals surface area (Å²) in [4.78, 5) is 18.4. The average Bonchev–Trinajstić information content (AvgIpc) is 3.44. The van der Waals surface area contributed by atoms with Crippen LogP contribution in [0.2, 0.25) is 0 Å². The maximum atomic E-state index is 12.2. The van der Waals surface area contributed by atoms with E-state index >= 15 is 0 Å². The van der Waals surface area contributed by atoms with E-state index in [1.807, 2.05) is 29.2 Å². The minimum atomic E-state index is -0.0172. The van der Waals surface area contributed by atoms with Crippen LogP contribution in [-0.2, 0) is 16.0 Å². The molecule has 1 aromatic rings. The molecule has 8 heteroatoms. The van der Waals surface area contributed by atoms with Crippen LogP contribution < -0.4 is 16.0 Å². The lowest BCUT2D eigenvalue weighted by Gasteiger charge is -2.17. The van der Waals surface area contributed by atoms with Gasteiger partial charge in [0, 0.05) is 52.1 Å². The molecule has 1 unspecified atom stereocenters. The van der Waals surface area contributed by atoms with Gasteiger partial charge in [-0.2, -0.15) is 0 Å². The van der Waals surface area contributed by atoms with Crippen molar-refractivity contribution in [2.45, 2.75) is 38.3 Å². The molecule has 0 bridgehead atoms. The van der Waals surface area contributed by atoms with E-state index in [1.165, 1.54) is 0 Å². The maximum absolute atomic E-state index is 12.2. The van der Waals surface area contributed by atoms with E-state index in [9.17, 15) is 4.79 Å². The maximum Gasteiger partial charge on any atom is 0.321 e. The monoisotopic (exact) mass is 403 g/mol. The first kappa shape index (κ1) is 21.4. The normalized spacial score (nSPS) is 19.4. The number of hydrogen-bond acceptors (Lipinski definition) is 4. The standard InChI is InChI=1S/C21H33N5O3/c1-22-20(23-9-5-12-29-19-8-13-28-16-19)24-15-17-6-4-7-18(14-17)25-21(27)26-10-2-3-11-26/h4,6-7,14,19H,2-3,5,8-13,15-16H2,1H3,(H,25,27)(H2,22,23,24). The Morgan fingerprint density at radius 2 is 2.17 bits per heavy atom. The third-order valence-electron chi connectivity index (χ3n) is 5.11. The lowest BCUT2D eigenvalue weighted by atomic mass is 10.2. The van der Waals surface area contributed by atoms with Crippen LogP contribution in [0.15, 0.2) is 29.3 Å². The summed E-state index contributed by atoms with van der Waals surface area (Å²) in [7, 11) is 1.76. The van der Waals surface area contributed by atoms with E-state index in [0.717, 1.165) is 75.7 Å². The number of nitrogens with zero attached hydrogens (tertiary/aromatic N) is 2. The summed E-state index contributed by atoms with van der Waals surface area (Å²) in [6.07, 6.45) is 4.34. The van der Waals surface area contributed by atoms with Crippen LogP contribution in [0, 0.1) is 0 Å². The van der Waals surface area contributed by atoms with Crippen LogP contribution in [-0.4, -0.2) is 69.5 Å². The number of benzene rings is 1. The van der Waals surface area contributed by atoms with Gasteiger partial charge in [-0.3, -0.25) is 4.99 Å². The molecule has 0 aliphatic carbocycles. The minimum Gasteiger partial charge on any atom is -0.379 e. The molecule has 0 radical (unpaired) electrons. The topological polar surface area (TPSA) is 87.2 Å². The molecule has 2 aliphatic heterocycles. The van der Waals surface area contributed by atoms with Crippen molar-refractivity contribution in [3.8, 4) is 0 Å². The van der Waals surface area contributed by atoms with Crippen molar-refractivity contribution in [1.82, 2.24) is 15.5 Å². The summed E-state index contributed by atoms with van der Waals surface area (Å²) in [5.41, 5.74) is 1.90. The molecule has 1 atom stereocenters. The molecule has 160 valence electrons. The fraction of sp³-hybridized carbons (Fsp3) is 0.619. The van der Waals surface area contributed by atoms with Gasteiger partial charge in [0.05, 0.1) is 12.7 Å². The molecule has 0 spiro atoms. The molecule has 2 saturated heterocycles. The van der Waals surface area contributed by atoms with Crippen LogP contribution in [0.1, 0.15) is 31.2 Å². The molecule has 1 aromatic carbocycles. The first-order valence-corrected chi connectivity index (χ1v) is 10.5. The zero-order chi connectivity index (χ0) is 20.3. The first-order chi connectivity index (χ1) is 14.2. The van der Waals surface area contributed by atoms with Crippen LogP contribution in [0.5, 0.6) is 0 Å². The summed E-state index contributed by atoms with van der Waals surface area (Å²) < 4.78 is 11.1. The highest BCUT2D eigenvalue weighted by Crippen LogP contribution is 2.14. The van der Waals surface area contributed by atoms with Crippen LogP contribution >= 0.6 is 0 Å². The summed E-state index contributed by atoms with van der Waals surface area (Å²) in [6.45, 7) is 5.35. The number of amides is 2. The van der Waals surface area contributed by atoms with Crippen molar-refractivity contribution in [2.24, 2.45) is 4.99 Å². The molecule has 3 N–H and O–H groups in total. The summed E-state index contributed by atoms with van der Waals surface area (Å²) in [5, 5.41) is 9.60. The number of carbonyl (C=O) groups is 1. The zero-order valence-corrected chi connectivity index (χ0v) is 17.3. The lowest BCUT2D eigenvalue weighted by molar-refractivity contribution is 0.0420. The number of nitrogens with one attached hydrogen (secondary N) is 3. The fourth-order valence-corrected chi connectivity index (χ4v) is 3.46. The van der Waals surface area contributed by atoms with Gasteiger partial charge >= 0.3 is 6.03 Å². The van der Waals surface area contributed by atoms with Crippen molar-refractivity contribution in [1.29, 1.82) is 0 Å². The summed E-state index contributed by atoms with van der Waals surface area (Å²) in [5.74, 6) is 0.751. The van der Waals surface area contributed by atoms with Gasteiger partial charge < -0.3 is 30.3 Å². The Kier molecular flexibility index (Phi) is 8.58. The Hall–Kier alpha value is -2.32. The zero-order valence-electron chi connectivity index (χ0n) is 17.3. The summed E-state index contributed by atoms with van der Waals surface area (Å²) in [6, 6.07) is 7.88. The Balaban J connectivity index is 1.35. The van der Waals surface area contributed by atoms with Crippen LogP contribution in [0.25, 0.3) is 0 Å². The molecule has 2 heterocycles. The number of anilines is 1. The number of likely N-dealkylation sites (tertiary alicyclic amines) is 1. The molecular formula is C21H33N5O3. The Morgan fingerprint density at radius 3 is 2.93 bits per heavy atom. The van der Waals surface area contributed by atoms with Crippen LogP contribution in [0.3, 0.4) is 0 Å². The highest BCUT2D eigenvalue weighted by atomic mass is 16.5. The highest BCUT2D eigenvalue weighted by Gasteiger charge is 2.18. The molecule has 2 aliphatic rings. The van der Waals surface area contributed by atoms with Gasteiger partial charge in [0.15, 0.2) is 5.96 Å². The Morgan fingerprint density at radius 1 is 1.31 bits per heavy atom. The lowest BCUT2D eigenvalue weighted by Crippen LogP contribution is -2.37. The Labute approximate surface area is 173 Å². The van der Waals surface area contributed by atoms with E-state index < -0.39 is 0 Å². The minimum absolute atomic E-state index is 0.0172. The third kappa shape index (κ3) is 7.21. The van der Waals surface area contributed by atoms with Crippen molar-refractivity contribution in [2.75, 3.05) is 51.8 Å². The predicted octanol–water partition coefficient (Wildman–Crippen LogP) is 2.17. The summed E-state index contributed by atoms with van der Waals surface area (Å²) >= 11 is 0. The second-order valence-electron chi connectivity index (χ2n) is 7.39. The second-order valence-corrected chi connectivity index (χ2v) is 7.39. The SMILES string of the molecule is CN=C(NCCCOC1CCOC1)NCc1cccc(NC(=O)N2CCCC2)c1. The number of urea groups is 1. The van der Waals surface area contributed by atoms with E-state index in [2.05, 4.69) is 20.9 Å². The van der Waals surface area contributed by atoms with Gasteiger partial charge in [0.2, 0.25) is 0 Å². The van der Waals surface area contributed by atoms with E-state index in [-0.39, 0.29) is 12.1 Å².